The van der Waals surface area contributed by atoms with Crippen LogP contribution in [0, 0.1) is 6.92 Å². The van der Waals surface area contributed by atoms with Gasteiger partial charge in [-0.2, -0.15) is 0 Å². The van der Waals surface area contributed by atoms with E-state index in [4.69, 9.17) is 0 Å². The Morgan fingerprint density at radius 1 is 1.28 bits per heavy atom. The van der Waals surface area contributed by atoms with Gasteiger partial charge in [-0.3, -0.25) is 0 Å². The van der Waals surface area contributed by atoms with Crippen molar-refractivity contribution in [3.8, 4) is 10.4 Å². The Morgan fingerprint density at radius 2 is 2.06 bits per heavy atom. The lowest BCUT2D eigenvalue weighted by Gasteiger charge is -2.10. The third-order valence-corrected chi connectivity index (χ3v) is 5.04. The maximum Gasteiger partial charge on any atom is 0.0409 e. The lowest BCUT2D eigenvalue weighted by Crippen LogP contribution is -2.13. The van der Waals surface area contributed by atoms with E-state index in [9.17, 15) is 0 Å². The molecule has 0 aliphatic rings. The molecule has 1 atom stereocenters. The number of nitrogens with one attached hydrogen (secondary N) is 1. The van der Waals surface area contributed by atoms with Crippen molar-refractivity contribution in [2.75, 3.05) is 7.05 Å². The molecule has 3 heteroatoms. The normalized spacial score (nSPS) is 12.7. The Hall–Kier alpha value is -0.640. The van der Waals surface area contributed by atoms with E-state index in [2.05, 4.69) is 65.4 Å². The summed E-state index contributed by atoms with van der Waals surface area (Å²) in [5.74, 6) is 0. The van der Waals surface area contributed by atoms with Gasteiger partial charge in [0.15, 0.2) is 0 Å². The van der Waals surface area contributed by atoms with E-state index in [-0.39, 0.29) is 0 Å². The first kappa shape index (κ1) is 13.8. The fraction of sp³-hybridized carbons (Fsp3) is 0.333. The summed E-state index contributed by atoms with van der Waals surface area (Å²) in [5, 5.41) is 3.36. The zero-order valence-electron chi connectivity index (χ0n) is 11.0. The van der Waals surface area contributed by atoms with Crippen LogP contribution < -0.4 is 5.32 Å². The molecule has 2 rings (SSSR count). The van der Waals surface area contributed by atoms with E-state index >= 15 is 0 Å². The molecule has 1 aromatic heterocycles. The highest BCUT2D eigenvalue weighted by atomic mass is 79.9. The third-order valence-electron chi connectivity index (χ3n) is 3.11. The molecule has 1 unspecified atom stereocenters. The number of benzene rings is 1. The van der Waals surface area contributed by atoms with Gasteiger partial charge in [-0.05, 0) is 44.7 Å². The van der Waals surface area contributed by atoms with Crippen LogP contribution in [0.4, 0.5) is 0 Å². The Kier molecular flexibility index (Phi) is 4.60. The smallest absolute Gasteiger partial charge is 0.0409 e. The van der Waals surface area contributed by atoms with Crippen LogP contribution in [0.5, 0.6) is 0 Å². The monoisotopic (exact) mass is 323 g/mol. The molecule has 0 aliphatic carbocycles. The van der Waals surface area contributed by atoms with Crippen molar-refractivity contribution in [2.24, 2.45) is 0 Å². The van der Waals surface area contributed by atoms with Gasteiger partial charge >= 0.3 is 0 Å². The van der Waals surface area contributed by atoms with Crippen LogP contribution in [0.2, 0.25) is 0 Å². The first-order valence-electron chi connectivity index (χ1n) is 6.19. The van der Waals surface area contributed by atoms with Crippen molar-refractivity contribution in [1.29, 1.82) is 0 Å². The fourth-order valence-electron chi connectivity index (χ4n) is 2.06. The first-order chi connectivity index (χ1) is 8.65. The number of aryl methyl sites for hydroxylation is 1. The molecular weight excluding hydrogens is 306 g/mol. The molecule has 0 fully saturated rings. The van der Waals surface area contributed by atoms with Crippen molar-refractivity contribution in [1.82, 2.24) is 5.32 Å². The van der Waals surface area contributed by atoms with Gasteiger partial charge in [0.25, 0.3) is 0 Å². The molecule has 96 valence electrons. The maximum absolute atomic E-state index is 3.64. The summed E-state index contributed by atoms with van der Waals surface area (Å²) in [5.41, 5.74) is 2.58. The second kappa shape index (κ2) is 6.00. The van der Waals surface area contributed by atoms with E-state index in [0.29, 0.717) is 6.04 Å². The molecule has 1 nitrogen and oxygen atoms in total. The molecular formula is C15H18BrNS. The van der Waals surface area contributed by atoms with Crippen molar-refractivity contribution in [3.63, 3.8) is 0 Å². The van der Waals surface area contributed by atoms with Gasteiger partial charge in [0.05, 0.1) is 0 Å². The van der Waals surface area contributed by atoms with Crippen LogP contribution in [0.25, 0.3) is 10.4 Å². The predicted molar refractivity (Wildman–Crippen MR) is 84.3 cm³/mol. The SMILES string of the molecule is CCC(NC)c1ccc(-c2cc(C)ccc2Br)s1. The number of hydrogen-bond acceptors (Lipinski definition) is 2. The van der Waals surface area contributed by atoms with Gasteiger partial charge in [-0.15, -0.1) is 11.3 Å². The molecule has 0 aliphatic heterocycles. The average Bonchev–Trinajstić information content (AvgIpc) is 2.83. The summed E-state index contributed by atoms with van der Waals surface area (Å²) in [6.07, 6.45) is 1.12. The Balaban J connectivity index is 2.37. The summed E-state index contributed by atoms with van der Waals surface area (Å²) in [7, 11) is 2.02. The van der Waals surface area contributed by atoms with Crippen LogP contribution in [0.1, 0.15) is 29.8 Å². The topological polar surface area (TPSA) is 12.0 Å². The van der Waals surface area contributed by atoms with E-state index in [1.807, 2.05) is 18.4 Å². The zero-order chi connectivity index (χ0) is 13.1. The van der Waals surface area contributed by atoms with Crippen molar-refractivity contribution in [3.05, 3.63) is 45.2 Å². The van der Waals surface area contributed by atoms with Crippen LogP contribution in [0.3, 0.4) is 0 Å². The average molecular weight is 324 g/mol. The highest BCUT2D eigenvalue weighted by molar-refractivity contribution is 9.10. The molecule has 18 heavy (non-hydrogen) atoms. The predicted octanol–water partition coefficient (Wildman–Crippen LogP) is 5.16. The van der Waals surface area contributed by atoms with Crippen LogP contribution in [-0.2, 0) is 0 Å². The summed E-state index contributed by atoms with van der Waals surface area (Å²) < 4.78 is 1.17. The van der Waals surface area contributed by atoms with E-state index in [1.165, 1.54) is 25.4 Å². The van der Waals surface area contributed by atoms with Crippen molar-refractivity contribution in [2.45, 2.75) is 26.3 Å². The summed E-state index contributed by atoms with van der Waals surface area (Å²) in [4.78, 5) is 2.73. The van der Waals surface area contributed by atoms with Crippen molar-refractivity contribution >= 4 is 27.3 Å². The highest BCUT2D eigenvalue weighted by Crippen LogP contribution is 2.36. The Labute approximate surface area is 121 Å². The molecule has 1 aromatic carbocycles. The lowest BCUT2D eigenvalue weighted by molar-refractivity contribution is 0.586. The number of rotatable bonds is 4. The molecule has 0 radical (unpaired) electrons. The second-order valence-electron chi connectivity index (χ2n) is 4.43. The molecule has 1 heterocycles. The number of halogens is 1. The third kappa shape index (κ3) is 2.85. The highest BCUT2D eigenvalue weighted by Gasteiger charge is 2.12. The van der Waals surface area contributed by atoms with Gasteiger partial charge in [0, 0.05) is 25.8 Å². The van der Waals surface area contributed by atoms with Crippen LogP contribution >= 0.6 is 27.3 Å². The Bertz CT molecular complexity index is 529. The summed E-state index contributed by atoms with van der Waals surface area (Å²) in [6, 6.07) is 11.4. The molecule has 0 spiro atoms. The standard InChI is InChI=1S/C15H18BrNS/c1-4-13(17-3)15-8-7-14(18-15)11-9-10(2)5-6-12(11)16/h5-9,13,17H,4H2,1-3H3. The molecule has 0 amide bonds. The van der Waals surface area contributed by atoms with Gasteiger partial charge in [0.2, 0.25) is 0 Å². The quantitative estimate of drug-likeness (QED) is 0.819. The number of thiophene rings is 1. The molecule has 0 saturated carbocycles. The minimum Gasteiger partial charge on any atom is -0.312 e. The fourth-order valence-corrected chi connectivity index (χ4v) is 3.88. The van der Waals surface area contributed by atoms with Gasteiger partial charge in [-0.1, -0.05) is 34.5 Å². The maximum atomic E-state index is 3.64. The van der Waals surface area contributed by atoms with E-state index < -0.39 is 0 Å². The second-order valence-corrected chi connectivity index (χ2v) is 6.40. The summed E-state index contributed by atoms with van der Waals surface area (Å²) >= 11 is 5.51. The molecule has 0 saturated heterocycles. The van der Waals surface area contributed by atoms with Gasteiger partial charge < -0.3 is 5.32 Å². The molecule has 2 aromatic rings. The molecule has 1 N–H and O–H groups in total. The number of hydrogen-bond donors (Lipinski definition) is 1. The van der Waals surface area contributed by atoms with E-state index in [0.717, 1.165) is 6.42 Å². The zero-order valence-corrected chi connectivity index (χ0v) is 13.4. The van der Waals surface area contributed by atoms with Crippen LogP contribution in [0.15, 0.2) is 34.8 Å². The lowest BCUT2D eigenvalue weighted by atomic mass is 10.1. The van der Waals surface area contributed by atoms with Gasteiger partial charge in [-0.25, -0.2) is 0 Å². The minimum atomic E-state index is 0.465. The van der Waals surface area contributed by atoms with Crippen LogP contribution in [-0.4, -0.2) is 7.05 Å². The summed E-state index contributed by atoms with van der Waals surface area (Å²) in [6.45, 7) is 4.34. The minimum absolute atomic E-state index is 0.465. The van der Waals surface area contributed by atoms with Gasteiger partial charge in [0.1, 0.15) is 0 Å². The molecule has 0 bridgehead atoms. The van der Waals surface area contributed by atoms with Crippen molar-refractivity contribution < 1.29 is 0 Å². The largest absolute Gasteiger partial charge is 0.312 e. The Morgan fingerprint density at radius 3 is 2.72 bits per heavy atom. The first-order valence-corrected chi connectivity index (χ1v) is 7.80. The van der Waals surface area contributed by atoms with E-state index in [1.54, 1.807) is 0 Å².